The topological polar surface area (TPSA) is 75.4 Å². The van der Waals surface area contributed by atoms with Crippen molar-refractivity contribution < 1.29 is 18.7 Å². The summed E-state index contributed by atoms with van der Waals surface area (Å²) in [6, 6.07) is 11.7. The Bertz CT molecular complexity index is 1230. The molecule has 1 saturated heterocycles. The van der Waals surface area contributed by atoms with Crippen LogP contribution < -0.4 is 5.43 Å². The van der Waals surface area contributed by atoms with Gasteiger partial charge in [0.05, 0.1) is 18.3 Å². The lowest BCUT2D eigenvalue weighted by atomic mass is 9.79. The zero-order chi connectivity index (χ0) is 21.7. The van der Waals surface area contributed by atoms with Crippen LogP contribution in [0.15, 0.2) is 59.5 Å². The predicted molar refractivity (Wildman–Crippen MR) is 108 cm³/mol. The Balaban J connectivity index is 1.79. The number of halogens is 2. The van der Waals surface area contributed by atoms with Gasteiger partial charge in [-0.1, -0.05) is 36.4 Å². The number of rotatable bonds is 3. The molecule has 0 radical (unpaired) electrons. The number of carbonyl (C=O) groups is 1. The van der Waals surface area contributed by atoms with Gasteiger partial charge in [-0.3, -0.25) is 14.3 Å². The Hall–Kier alpha value is -3.55. The van der Waals surface area contributed by atoms with Gasteiger partial charge in [0.1, 0.15) is 11.6 Å². The second-order valence-electron chi connectivity index (χ2n) is 7.90. The van der Waals surface area contributed by atoms with E-state index >= 15 is 4.39 Å². The molecule has 0 unspecified atom stereocenters. The minimum absolute atomic E-state index is 0.195. The van der Waals surface area contributed by atoms with Crippen LogP contribution in [0, 0.1) is 11.6 Å². The molecule has 3 heterocycles. The second-order valence-corrected chi connectivity index (χ2v) is 7.90. The van der Waals surface area contributed by atoms with Gasteiger partial charge >= 0.3 is 0 Å². The van der Waals surface area contributed by atoms with Crippen LogP contribution in [0.1, 0.15) is 46.4 Å². The molecule has 1 fully saturated rings. The molecular weight excluding hydrogens is 404 g/mol. The van der Waals surface area contributed by atoms with Crippen LogP contribution in [0.4, 0.5) is 8.78 Å². The molecule has 0 aliphatic carbocycles. The molecule has 3 aromatic rings. The minimum atomic E-state index is -0.750. The Morgan fingerprint density at radius 1 is 1.10 bits per heavy atom. The first-order valence-corrected chi connectivity index (χ1v) is 10.1. The molecule has 1 N–H and O–H groups in total. The van der Waals surface area contributed by atoms with Gasteiger partial charge in [0.15, 0.2) is 11.4 Å². The zero-order valence-electron chi connectivity index (χ0n) is 16.4. The quantitative estimate of drug-likeness (QED) is 0.702. The van der Waals surface area contributed by atoms with E-state index in [2.05, 4.69) is 5.10 Å². The fraction of sp³-hybridized carbons (Fsp3) is 0.261. The molecule has 31 heavy (non-hydrogen) atoms. The molecule has 5 rings (SSSR count). The average Bonchev–Trinajstić information content (AvgIpc) is 3.25. The number of hydrogen-bond acceptors (Lipinski definition) is 4. The van der Waals surface area contributed by atoms with E-state index in [1.165, 1.54) is 16.8 Å². The monoisotopic (exact) mass is 423 g/mol. The highest BCUT2D eigenvalue weighted by atomic mass is 19.1. The first kappa shape index (κ1) is 19.4. The standard InChI is InChI=1S/C23H19F2N3O3/c24-14-8-9-15(16(25)11-14)19(13-5-2-1-3-6-13)20-17-7-4-10-27(17)23(31)21-22(30)18(29)12-26-28(20)21/h1-3,5-6,8-9,11-12,17,19-20,30H,4,7,10H2/t17-,19+,20-/m1/s1. The molecule has 6 nitrogen and oxygen atoms in total. The summed E-state index contributed by atoms with van der Waals surface area (Å²) in [7, 11) is 0. The highest BCUT2D eigenvalue weighted by molar-refractivity contribution is 5.96. The van der Waals surface area contributed by atoms with Crippen LogP contribution in [0.3, 0.4) is 0 Å². The maximum Gasteiger partial charge on any atom is 0.276 e. The lowest BCUT2D eigenvalue weighted by Crippen LogP contribution is -2.51. The van der Waals surface area contributed by atoms with Crippen molar-refractivity contribution >= 4 is 5.91 Å². The van der Waals surface area contributed by atoms with E-state index in [0.29, 0.717) is 13.0 Å². The van der Waals surface area contributed by atoms with Crippen molar-refractivity contribution in [3.05, 3.63) is 93.4 Å². The third-order valence-corrected chi connectivity index (χ3v) is 6.22. The molecule has 2 aliphatic rings. The smallest absolute Gasteiger partial charge is 0.276 e. The maximum absolute atomic E-state index is 15.0. The molecular formula is C23H19F2N3O3. The summed E-state index contributed by atoms with van der Waals surface area (Å²) < 4.78 is 30.1. The Morgan fingerprint density at radius 2 is 1.87 bits per heavy atom. The van der Waals surface area contributed by atoms with E-state index in [4.69, 9.17) is 0 Å². The van der Waals surface area contributed by atoms with Crippen LogP contribution in [0.2, 0.25) is 0 Å². The highest BCUT2D eigenvalue weighted by Crippen LogP contribution is 2.46. The van der Waals surface area contributed by atoms with Gasteiger partial charge in [-0.25, -0.2) is 8.78 Å². The molecule has 8 heteroatoms. The van der Waals surface area contributed by atoms with Gasteiger partial charge in [-0.15, -0.1) is 0 Å². The number of carbonyl (C=O) groups excluding carboxylic acids is 1. The number of nitrogens with zero attached hydrogens (tertiary/aromatic N) is 3. The lowest BCUT2D eigenvalue weighted by molar-refractivity contribution is 0.0564. The van der Waals surface area contributed by atoms with Crippen molar-refractivity contribution in [2.24, 2.45) is 0 Å². The first-order valence-electron chi connectivity index (χ1n) is 10.1. The van der Waals surface area contributed by atoms with Gasteiger partial charge in [0, 0.05) is 18.5 Å². The predicted octanol–water partition coefficient (Wildman–Crippen LogP) is 3.22. The summed E-state index contributed by atoms with van der Waals surface area (Å²) in [5.41, 5.74) is 0.0641. The largest absolute Gasteiger partial charge is 0.502 e. The zero-order valence-corrected chi connectivity index (χ0v) is 16.4. The molecule has 1 amide bonds. The van der Waals surface area contributed by atoms with E-state index in [1.807, 2.05) is 30.3 Å². The lowest BCUT2D eigenvalue weighted by Gasteiger charge is -2.42. The van der Waals surface area contributed by atoms with Gasteiger partial charge < -0.3 is 10.0 Å². The number of hydrogen-bond donors (Lipinski definition) is 1. The van der Waals surface area contributed by atoms with Gasteiger partial charge in [-0.05, 0) is 30.0 Å². The highest BCUT2D eigenvalue weighted by Gasteiger charge is 2.48. The van der Waals surface area contributed by atoms with Crippen LogP contribution in [0.5, 0.6) is 5.75 Å². The second kappa shape index (κ2) is 7.30. The van der Waals surface area contributed by atoms with Crippen molar-refractivity contribution in [1.29, 1.82) is 0 Å². The van der Waals surface area contributed by atoms with Crippen LogP contribution in [0.25, 0.3) is 0 Å². The van der Waals surface area contributed by atoms with Crippen molar-refractivity contribution in [3.8, 4) is 5.75 Å². The summed E-state index contributed by atoms with van der Waals surface area (Å²) >= 11 is 0. The van der Waals surface area contributed by atoms with E-state index in [0.717, 1.165) is 24.2 Å². The SMILES string of the molecule is O=C1c2c(O)c(=O)cnn2[C@@H]([C@@H](c2ccccc2)c2ccc(F)cc2F)[C@H]2CCCN12. The normalized spacial score (nSPS) is 21.0. The number of amides is 1. The molecule has 0 bridgehead atoms. The van der Waals surface area contributed by atoms with Crippen molar-refractivity contribution in [3.63, 3.8) is 0 Å². The molecule has 2 aromatic carbocycles. The third-order valence-electron chi connectivity index (χ3n) is 6.22. The van der Waals surface area contributed by atoms with E-state index in [9.17, 15) is 19.1 Å². The van der Waals surface area contributed by atoms with E-state index in [1.54, 1.807) is 4.90 Å². The molecule has 0 saturated carbocycles. The Kier molecular flexibility index (Phi) is 4.57. The van der Waals surface area contributed by atoms with Crippen LogP contribution in [-0.2, 0) is 0 Å². The number of aromatic nitrogens is 2. The van der Waals surface area contributed by atoms with E-state index in [-0.39, 0.29) is 17.3 Å². The number of fused-ring (bicyclic) bond motifs is 2. The van der Waals surface area contributed by atoms with Gasteiger partial charge in [0.25, 0.3) is 5.91 Å². The third kappa shape index (κ3) is 3.01. The van der Waals surface area contributed by atoms with Gasteiger partial charge in [-0.2, -0.15) is 5.10 Å². The summed E-state index contributed by atoms with van der Waals surface area (Å²) in [6.45, 7) is 0.468. The molecule has 2 aliphatic heterocycles. The fourth-order valence-corrected chi connectivity index (χ4v) is 4.92. The maximum atomic E-state index is 15.0. The minimum Gasteiger partial charge on any atom is -0.502 e. The summed E-state index contributed by atoms with van der Waals surface area (Å²) in [6.07, 6.45) is 2.36. The average molecular weight is 423 g/mol. The summed E-state index contributed by atoms with van der Waals surface area (Å²) in [5, 5.41) is 14.6. The number of benzene rings is 2. The van der Waals surface area contributed by atoms with Crippen LogP contribution in [-0.4, -0.2) is 38.3 Å². The first-order chi connectivity index (χ1) is 15.0. The fourth-order valence-electron chi connectivity index (χ4n) is 4.92. The van der Waals surface area contributed by atoms with E-state index < -0.39 is 40.7 Å². The molecule has 3 atom stereocenters. The number of aromatic hydroxyl groups is 1. The van der Waals surface area contributed by atoms with Crippen molar-refractivity contribution in [1.82, 2.24) is 14.7 Å². The van der Waals surface area contributed by atoms with Crippen LogP contribution >= 0.6 is 0 Å². The van der Waals surface area contributed by atoms with Gasteiger partial charge in [0.2, 0.25) is 5.43 Å². The molecule has 0 spiro atoms. The Morgan fingerprint density at radius 3 is 2.61 bits per heavy atom. The summed E-state index contributed by atoms with van der Waals surface area (Å²) in [5.74, 6) is -3.15. The molecule has 158 valence electrons. The Labute approximate surface area is 176 Å². The summed E-state index contributed by atoms with van der Waals surface area (Å²) in [4.78, 5) is 26.7. The van der Waals surface area contributed by atoms with Crippen molar-refractivity contribution in [2.75, 3.05) is 6.54 Å². The molecule has 1 aromatic heterocycles. The van der Waals surface area contributed by atoms with Crippen molar-refractivity contribution in [2.45, 2.75) is 30.8 Å².